The summed E-state index contributed by atoms with van der Waals surface area (Å²) in [6.07, 6.45) is 0. The van der Waals surface area contributed by atoms with E-state index in [-0.39, 0.29) is 38.4 Å². The van der Waals surface area contributed by atoms with Crippen LogP contribution in [0, 0.1) is 11.6 Å². The molecule has 0 amide bonds. The molecule has 3 aromatic rings. The molecule has 154 valence electrons. The van der Waals surface area contributed by atoms with E-state index < -0.39 is 41.6 Å². The van der Waals surface area contributed by atoms with E-state index in [0.29, 0.717) is 6.07 Å². The van der Waals surface area contributed by atoms with Crippen LogP contribution in [-0.2, 0) is 4.74 Å². The van der Waals surface area contributed by atoms with Gasteiger partial charge in [0.05, 0.1) is 16.1 Å². The van der Waals surface area contributed by atoms with Gasteiger partial charge in [-0.05, 0) is 30.3 Å². The second kappa shape index (κ2) is 7.85. The number of ketones is 3. The maximum absolute atomic E-state index is 13.3. The van der Waals surface area contributed by atoms with Crippen LogP contribution in [0.1, 0.15) is 52.6 Å². The van der Waals surface area contributed by atoms with Crippen molar-refractivity contribution in [2.45, 2.75) is 0 Å². The maximum atomic E-state index is 13.3. The van der Waals surface area contributed by atoms with Gasteiger partial charge in [0.15, 0.2) is 35.6 Å². The highest BCUT2D eigenvalue weighted by molar-refractivity contribution is 6.41. The average Bonchev–Trinajstić information content (AvgIpc) is 2.77. The summed E-state index contributed by atoms with van der Waals surface area (Å²) in [5.41, 5.74) is -0.0426. The molecule has 0 aliphatic heterocycles. The molecule has 0 fully saturated rings. The maximum Gasteiger partial charge on any atom is 0.340 e. The van der Waals surface area contributed by atoms with Crippen molar-refractivity contribution in [2.24, 2.45) is 0 Å². The highest BCUT2D eigenvalue weighted by Gasteiger charge is 2.33. The van der Waals surface area contributed by atoms with Crippen LogP contribution in [0.2, 0.25) is 5.02 Å². The number of Topliss-reactive ketones (excluding diaryl/α,β-unsaturated/α-hetero) is 1. The fraction of sp³-hybridized carbons (Fsp3) is 0.0435. The molecule has 0 unspecified atom stereocenters. The molecule has 0 heterocycles. The van der Waals surface area contributed by atoms with Crippen molar-refractivity contribution < 1.29 is 32.7 Å². The minimum absolute atomic E-state index is 0.0584. The number of carbonyl (C=O) groups excluding carboxylic acids is 4. The Morgan fingerprint density at radius 2 is 1.52 bits per heavy atom. The van der Waals surface area contributed by atoms with Crippen molar-refractivity contribution in [2.75, 3.05) is 6.61 Å². The van der Waals surface area contributed by atoms with Gasteiger partial charge in [-0.1, -0.05) is 35.9 Å². The molecular formula is C23H11ClF2O5. The van der Waals surface area contributed by atoms with Crippen molar-refractivity contribution in [3.8, 4) is 0 Å². The minimum Gasteiger partial charge on any atom is -0.454 e. The van der Waals surface area contributed by atoms with Gasteiger partial charge in [-0.2, -0.15) is 0 Å². The summed E-state index contributed by atoms with van der Waals surface area (Å²) in [6, 6.07) is 11.3. The Morgan fingerprint density at radius 1 is 0.839 bits per heavy atom. The van der Waals surface area contributed by atoms with Gasteiger partial charge in [-0.3, -0.25) is 14.4 Å². The molecule has 0 bridgehead atoms. The Kier molecular flexibility index (Phi) is 5.20. The number of ether oxygens (including phenoxy) is 1. The Morgan fingerprint density at radius 3 is 2.19 bits per heavy atom. The van der Waals surface area contributed by atoms with E-state index in [2.05, 4.69) is 0 Å². The van der Waals surface area contributed by atoms with Gasteiger partial charge in [0.2, 0.25) is 0 Å². The Balaban J connectivity index is 1.59. The lowest BCUT2D eigenvalue weighted by molar-refractivity contribution is 0.0474. The Hall–Kier alpha value is -3.71. The van der Waals surface area contributed by atoms with Crippen molar-refractivity contribution in [1.29, 1.82) is 0 Å². The highest BCUT2D eigenvalue weighted by Crippen LogP contribution is 2.34. The van der Waals surface area contributed by atoms with Crippen molar-refractivity contribution in [1.82, 2.24) is 0 Å². The standard InChI is InChI=1S/C23H11ClF2O5/c24-20-15(23(30)31-10-18(27)11-5-8-16(25)17(26)9-11)7-6-14-19(20)22(29)13-4-2-1-3-12(13)21(14)28/h1-9H,10H2. The van der Waals surface area contributed by atoms with Crippen LogP contribution in [0.15, 0.2) is 54.6 Å². The van der Waals surface area contributed by atoms with Crippen molar-refractivity contribution >= 4 is 34.9 Å². The normalized spacial score (nSPS) is 12.2. The predicted octanol–water partition coefficient (Wildman–Crippen LogP) is 4.43. The summed E-state index contributed by atoms with van der Waals surface area (Å²) in [6.45, 7) is -0.757. The molecule has 1 aliphatic carbocycles. The lowest BCUT2D eigenvalue weighted by atomic mass is 9.83. The van der Waals surface area contributed by atoms with Crippen LogP contribution in [-0.4, -0.2) is 29.9 Å². The van der Waals surface area contributed by atoms with Gasteiger partial charge in [0.25, 0.3) is 0 Å². The van der Waals surface area contributed by atoms with Gasteiger partial charge in [-0.15, -0.1) is 0 Å². The summed E-state index contributed by atoms with van der Waals surface area (Å²) in [5, 5.41) is -0.268. The molecule has 8 heteroatoms. The zero-order valence-electron chi connectivity index (χ0n) is 15.6. The summed E-state index contributed by atoms with van der Waals surface area (Å²) in [4.78, 5) is 50.1. The van der Waals surface area contributed by atoms with E-state index in [1.165, 1.54) is 24.3 Å². The van der Waals surface area contributed by atoms with Crippen LogP contribution in [0.4, 0.5) is 8.78 Å². The third kappa shape index (κ3) is 3.53. The smallest absolute Gasteiger partial charge is 0.340 e. The number of hydrogen-bond donors (Lipinski definition) is 0. The molecule has 5 nitrogen and oxygen atoms in total. The summed E-state index contributed by atoms with van der Waals surface area (Å²) in [5.74, 6) is -5.01. The topological polar surface area (TPSA) is 77.5 Å². The van der Waals surface area contributed by atoms with Gasteiger partial charge in [-0.25, -0.2) is 13.6 Å². The zero-order chi connectivity index (χ0) is 22.3. The first-order valence-corrected chi connectivity index (χ1v) is 9.33. The quantitative estimate of drug-likeness (QED) is 0.346. The van der Waals surface area contributed by atoms with Gasteiger partial charge >= 0.3 is 5.97 Å². The Labute approximate surface area is 179 Å². The molecule has 3 aromatic carbocycles. The van der Waals surface area contributed by atoms with Crippen LogP contribution in [0.25, 0.3) is 0 Å². The monoisotopic (exact) mass is 440 g/mol. The molecule has 4 rings (SSSR count). The second-order valence-electron chi connectivity index (χ2n) is 6.68. The van der Waals surface area contributed by atoms with E-state index in [4.69, 9.17) is 16.3 Å². The van der Waals surface area contributed by atoms with Crippen molar-refractivity contribution in [3.63, 3.8) is 0 Å². The van der Waals surface area contributed by atoms with E-state index in [1.54, 1.807) is 12.1 Å². The third-order valence-corrected chi connectivity index (χ3v) is 5.22. The third-order valence-electron chi connectivity index (χ3n) is 4.83. The van der Waals surface area contributed by atoms with Crippen LogP contribution in [0.5, 0.6) is 0 Å². The second-order valence-corrected chi connectivity index (χ2v) is 7.06. The first-order valence-electron chi connectivity index (χ1n) is 8.96. The van der Waals surface area contributed by atoms with Gasteiger partial charge in [0, 0.05) is 22.3 Å². The number of esters is 1. The predicted molar refractivity (Wildman–Crippen MR) is 106 cm³/mol. The molecule has 0 spiro atoms. The summed E-state index contributed by atoms with van der Waals surface area (Å²) >= 11 is 6.27. The van der Waals surface area contributed by atoms with E-state index in [0.717, 1.165) is 12.1 Å². The van der Waals surface area contributed by atoms with Crippen molar-refractivity contribution in [3.05, 3.63) is 105 Å². The number of hydrogen-bond acceptors (Lipinski definition) is 5. The minimum atomic E-state index is -1.21. The first kappa shape index (κ1) is 20.6. The summed E-state index contributed by atoms with van der Waals surface area (Å²) in [7, 11) is 0. The molecule has 1 aliphatic rings. The SMILES string of the molecule is O=C(COC(=O)c1ccc2c(c1Cl)C(=O)c1ccccc1C2=O)c1ccc(F)c(F)c1. The highest BCUT2D eigenvalue weighted by atomic mass is 35.5. The summed E-state index contributed by atoms with van der Waals surface area (Å²) < 4.78 is 31.2. The lowest BCUT2D eigenvalue weighted by Gasteiger charge is -2.19. The number of fused-ring (bicyclic) bond motifs is 2. The largest absolute Gasteiger partial charge is 0.454 e. The van der Waals surface area contributed by atoms with Gasteiger partial charge in [0.1, 0.15) is 0 Å². The van der Waals surface area contributed by atoms with E-state index in [1.807, 2.05) is 0 Å². The van der Waals surface area contributed by atoms with Crippen LogP contribution >= 0.6 is 11.6 Å². The molecule has 0 aromatic heterocycles. The molecule has 0 atom stereocenters. The number of benzene rings is 3. The molecule has 31 heavy (non-hydrogen) atoms. The van der Waals surface area contributed by atoms with Crippen LogP contribution < -0.4 is 0 Å². The first-order chi connectivity index (χ1) is 14.8. The van der Waals surface area contributed by atoms with Gasteiger partial charge < -0.3 is 4.74 Å². The number of rotatable bonds is 4. The number of halogens is 3. The fourth-order valence-electron chi connectivity index (χ4n) is 3.27. The average molecular weight is 441 g/mol. The Bertz CT molecular complexity index is 1300. The molecular weight excluding hydrogens is 430 g/mol. The number of carbonyl (C=O) groups is 4. The van der Waals surface area contributed by atoms with Crippen LogP contribution in [0.3, 0.4) is 0 Å². The molecule has 0 N–H and O–H groups in total. The molecule has 0 saturated heterocycles. The molecule has 0 saturated carbocycles. The van der Waals surface area contributed by atoms with E-state index in [9.17, 15) is 28.0 Å². The lowest BCUT2D eigenvalue weighted by Crippen LogP contribution is -2.23. The van der Waals surface area contributed by atoms with E-state index >= 15 is 0 Å². The zero-order valence-corrected chi connectivity index (χ0v) is 16.3. The molecule has 0 radical (unpaired) electrons. The fourth-order valence-corrected chi connectivity index (χ4v) is 3.59.